The highest BCUT2D eigenvalue weighted by atomic mass is 19.1. The van der Waals surface area contributed by atoms with Gasteiger partial charge in [0.05, 0.1) is 12.2 Å². The van der Waals surface area contributed by atoms with Gasteiger partial charge in [0.2, 0.25) is 0 Å². The van der Waals surface area contributed by atoms with Crippen molar-refractivity contribution in [2.24, 2.45) is 0 Å². The molecule has 90 valence electrons. The lowest BCUT2D eigenvalue weighted by Crippen LogP contribution is -1.94. The molecule has 0 aromatic heterocycles. The van der Waals surface area contributed by atoms with E-state index in [0.29, 0.717) is 22.6 Å². The van der Waals surface area contributed by atoms with Crippen LogP contribution < -0.4 is 4.74 Å². The maximum atomic E-state index is 13.0. The third kappa shape index (κ3) is 2.47. The van der Waals surface area contributed by atoms with Gasteiger partial charge in [-0.05, 0) is 30.3 Å². The number of ether oxygens (including phenoxy) is 1. The molecule has 2 rings (SSSR count). The normalized spacial score (nSPS) is 9.83. The Labute approximate surface area is 104 Å². The van der Waals surface area contributed by atoms with Crippen molar-refractivity contribution >= 4 is 0 Å². The average molecular weight is 243 g/mol. The highest BCUT2D eigenvalue weighted by Crippen LogP contribution is 2.28. The van der Waals surface area contributed by atoms with Crippen LogP contribution in [0, 0.1) is 17.1 Å². The molecule has 2 aromatic carbocycles. The summed E-state index contributed by atoms with van der Waals surface area (Å²) in [7, 11) is 0. The van der Waals surface area contributed by atoms with E-state index in [2.05, 4.69) is 0 Å². The Morgan fingerprint density at radius 1 is 1.17 bits per heavy atom. The Kier molecular flexibility index (Phi) is 3.56. The molecule has 0 fully saturated rings. The van der Waals surface area contributed by atoms with E-state index in [9.17, 15) is 4.39 Å². The predicted molar refractivity (Wildman–Crippen MR) is 63.6 cm³/mol. The van der Waals surface area contributed by atoms with Crippen molar-refractivity contribution in [2.75, 3.05) is 0 Å². The zero-order valence-electron chi connectivity index (χ0n) is 9.43. The van der Waals surface area contributed by atoms with Crippen LogP contribution in [0.25, 0.3) is 0 Å². The molecule has 0 aliphatic rings. The zero-order chi connectivity index (χ0) is 13.0. The van der Waals surface area contributed by atoms with Gasteiger partial charge in [-0.25, -0.2) is 4.39 Å². The molecule has 0 spiro atoms. The third-order valence-electron chi connectivity index (χ3n) is 2.42. The lowest BCUT2D eigenvalue weighted by molar-refractivity contribution is 0.275. The number of benzene rings is 2. The largest absolute Gasteiger partial charge is 0.456 e. The van der Waals surface area contributed by atoms with Gasteiger partial charge in [0.25, 0.3) is 0 Å². The summed E-state index contributed by atoms with van der Waals surface area (Å²) < 4.78 is 18.5. The number of nitriles is 1. The van der Waals surface area contributed by atoms with Crippen LogP contribution in [0.2, 0.25) is 0 Å². The fourth-order valence-electron chi connectivity index (χ4n) is 1.54. The van der Waals surface area contributed by atoms with E-state index >= 15 is 0 Å². The number of hydrogen-bond acceptors (Lipinski definition) is 3. The van der Waals surface area contributed by atoms with Gasteiger partial charge in [-0.15, -0.1) is 0 Å². The fraction of sp³-hybridized carbons (Fsp3) is 0.0714. The minimum Gasteiger partial charge on any atom is -0.456 e. The Bertz CT molecular complexity index is 605. The standard InChI is InChI=1S/C14H10FNO2/c15-12-5-6-14(11(7-12)9-17)18-13-4-2-1-3-10(13)8-16/h1-7,17H,9H2. The molecular formula is C14H10FNO2. The second-order valence-electron chi connectivity index (χ2n) is 3.62. The number of aliphatic hydroxyl groups excluding tert-OH is 1. The molecule has 4 heteroatoms. The number of hydrogen-bond donors (Lipinski definition) is 1. The first-order valence-corrected chi connectivity index (χ1v) is 5.31. The minimum atomic E-state index is -0.444. The van der Waals surface area contributed by atoms with Gasteiger partial charge in [-0.3, -0.25) is 0 Å². The second-order valence-corrected chi connectivity index (χ2v) is 3.62. The van der Waals surface area contributed by atoms with Crippen molar-refractivity contribution in [3.8, 4) is 17.6 Å². The van der Waals surface area contributed by atoms with Gasteiger partial charge in [0, 0.05) is 5.56 Å². The van der Waals surface area contributed by atoms with Crippen molar-refractivity contribution in [2.45, 2.75) is 6.61 Å². The molecule has 0 atom stereocenters. The van der Waals surface area contributed by atoms with Gasteiger partial charge in [0.15, 0.2) is 0 Å². The highest BCUT2D eigenvalue weighted by Gasteiger charge is 2.08. The predicted octanol–water partition coefficient (Wildman–Crippen LogP) is 2.98. The lowest BCUT2D eigenvalue weighted by Gasteiger charge is -2.10. The van der Waals surface area contributed by atoms with E-state index in [0.717, 1.165) is 0 Å². The van der Waals surface area contributed by atoms with Crippen molar-refractivity contribution in [3.63, 3.8) is 0 Å². The molecule has 2 aromatic rings. The van der Waals surface area contributed by atoms with E-state index in [-0.39, 0.29) is 6.61 Å². The van der Waals surface area contributed by atoms with Crippen molar-refractivity contribution in [1.29, 1.82) is 5.26 Å². The molecule has 0 aliphatic heterocycles. The van der Waals surface area contributed by atoms with Crippen LogP contribution in [0.15, 0.2) is 42.5 Å². The molecule has 0 saturated heterocycles. The summed E-state index contributed by atoms with van der Waals surface area (Å²) in [5.74, 6) is 0.267. The van der Waals surface area contributed by atoms with E-state index < -0.39 is 5.82 Å². The van der Waals surface area contributed by atoms with Gasteiger partial charge in [-0.2, -0.15) is 5.26 Å². The lowest BCUT2D eigenvalue weighted by atomic mass is 10.2. The molecule has 0 unspecified atom stereocenters. The van der Waals surface area contributed by atoms with E-state index in [1.807, 2.05) is 6.07 Å². The topological polar surface area (TPSA) is 53.2 Å². The molecule has 18 heavy (non-hydrogen) atoms. The monoisotopic (exact) mass is 243 g/mol. The third-order valence-corrected chi connectivity index (χ3v) is 2.42. The van der Waals surface area contributed by atoms with Crippen LogP contribution in [0.3, 0.4) is 0 Å². The number of rotatable bonds is 3. The molecule has 3 nitrogen and oxygen atoms in total. The first-order chi connectivity index (χ1) is 8.74. The molecule has 0 heterocycles. The summed E-state index contributed by atoms with van der Waals surface area (Å²) in [6.45, 7) is -0.332. The smallest absolute Gasteiger partial charge is 0.145 e. The second kappa shape index (κ2) is 5.30. The Hall–Kier alpha value is -2.38. The maximum Gasteiger partial charge on any atom is 0.145 e. The number of halogens is 1. The van der Waals surface area contributed by atoms with E-state index in [1.54, 1.807) is 24.3 Å². The summed E-state index contributed by atoms with van der Waals surface area (Å²) in [6.07, 6.45) is 0. The summed E-state index contributed by atoms with van der Waals surface area (Å²) in [6, 6.07) is 12.6. The Morgan fingerprint density at radius 3 is 2.67 bits per heavy atom. The number of nitrogens with zero attached hydrogens (tertiary/aromatic N) is 1. The number of para-hydroxylation sites is 1. The van der Waals surface area contributed by atoms with Crippen molar-refractivity contribution < 1.29 is 14.2 Å². The Balaban J connectivity index is 2.37. The van der Waals surface area contributed by atoms with Gasteiger partial charge in [0.1, 0.15) is 23.4 Å². The van der Waals surface area contributed by atoms with Gasteiger partial charge in [-0.1, -0.05) is 12.1 Å². The van der Waals surface area contributed by atoms with Crippen LogP contribution in [0.4, 0.5) is 4.39 Å². The van der Waals surface area contributed by atoms with Gasteiger partial charge < -0.3 is 9.84 Å². The first-order valence-electron chi connectivity index (χ1n) is 5.31. The van der Waals surface area contributed by atoms with E-state index in [1.165, 1.54) is 18.2 Å². The van der Waals surface area contributed by atoms with Crippen LogP contribution in [-0.2, 0) is 6.61 Å². The van der Waals surface area contributed by atoms with Crippen molar-refractivity contribution in [3.05, 3.63) is 59.4 Å². The van der Waals surface area contributed by atoms with Gasteiger partial charge >= 0.3 is 0 Å². The quantitative estimate of drug-likeness (QED) is 0.901. The molecule has 1 N–H and O–H groups in total. The molecule has 0 bridgehead atoms. The summed E-state index contributed by atoms with van der Waals surface area (Å²) in [4.78, 5) is 0. The molecule has 0 radical (unpaired) electrons. The summed E-state index contributed by atoms with van der Waals surface area (Å²) in [5, 5.41) is 18.1. The molecule has 0 aliphatic carbocycles. The van der Waals surface area contributed by atoms with Crippen molar-refractivity contribution in [1.82, 2.24) is 0 Å². The highest BCUT2D eigenvalue weighted by molar-refractivity contribution is 5.46. The van der Waals surface area contributed by atoms with Crippen LogP contribution in [0.5, 0.6) is 11.5 Å². The first kappa shape index (κ1) is 12.1. The molecular weight excluding hydrogens is 233 g/mol. The number of aliphatic hydroxyl groups is 1. The Morgan fingerprint density at radius 2 is 1.94 bits per heavy atom. The van der Waals surface area contributed by atoms with E-state index in [4.69, 9.17) is 15.1 Å². The maximum absolute atomic E-state index is 13.0. The SMILES string of the molecule is N#Cc1ccccc1Oc1ccc(F)cc1CO. The van der Waals surface area contributed by atoms with Crippen LogP contribution in [-0.4, -0.2) is 5.11 Å². The fourth-order valence-corrected chi connectivity index (χ4v) is 1.54. The summed E-state index contributed by atoms with van der Waals surface area (Å²) in [5.41, 5.74) is 0.716. The van der Waals surface area contributed by atoms with Crippen LogP contribution >= 0.6 is 0 Å². The average Bonchev–Trinajstić information content (AvgIpc) is 2.41. The molecule has 0 amide bonds. The zero-order valence-corrected chi connectivity index (χ0v) is 9.43. The minimum absolute atomic E-state index is 0.332. The van der Waals surface area contributed by atoms with Crippen LogP contribution in [0.1, 0.15) is 11.1 Å². The summed E-state index contributed by atoms with van der Waals surface area (Å²) >= 11 is 0. The molecule has 0 saturated carbocycles.